The van der Waals surface area contributed by atoms with Crippen LogP contribution in [0.3, 0.4) is 0 Å². The van der Waals surface area contributed by atoms with Crippen molar-refractivity contribution in [2.75, 3.05) is 6.26 Å². The molecule has 2 rings (SSSR count). The first-order chi connectivity index (χ1) is 8.82. The van der Waals surface area contributed by atoms with E-state index < -0.39 is 17.6 Å². The summed E-state index contributed by atoms with van der Waals surface area (Å²) in [6.45, 7) is 0. The molecular weight excluding hydrogens is 277 g/mol. The van der Waals surface area contributed by atoms with E-state index in [9.17, 15) is 18.0 Å². The normalized spacial score (nSPS) is 11.8. The molecule has 0 bridgehead atoms. The van der Waals surface area contributed by atoms with Gasteiger partial charge in [0.1, 0.15) is 5.03 Å². The third kappa shape index (κ3) is 2.65. The number of hydrogen-bond acceptors (Lipinski definition) is 3. The van der Waals surface area contributed by atoms with Crippen molar-refractivity contribution in [1.29, 1.82) is 0 Å². The van der Waals surface area contributed by atoms with Crippen LogP contribution in [0.2, 0.25) is 0 Å². The standard InChI is InChI=1S/C12H9F3N2OS/c1-19-11-8(10(16)18)4-6-2-3-7(12(13,14)15)5-9(6)17-11/h2-5H,1H3,(H2,16,18). The Labute approximate surface area is 111 Å². The highest BCUT2D eigenvalue weighted by atomic mass is 32.2. The van der Waals surface area contributed by atoms with E-state index in [1.807, 2.05) is 0 Å². The molecule has 0 saturated heterocycles. The quantitative estimate of drug-likeness (QED) is 0.863. The number of aromatic nitrogens is 1. The molecule has 19 heavy (non-hydrogen) atoms. The van der Waals surface area contributed by atoms with Crippen LogP contribution < -0.4 is 5.73 Å². The molecule has 0 atom stereocenters. The van der Waals surface area contributed by atoms with Crippen molar-refractivity contribution in [2.45, 2.75) is 11.2 Å². The molecule has 0 radical (unpaired) electrons. The van der Waals surface area contributed by atoms with Gasteiger partial charge in [-0.3, -0.25) is 4.79 Å². The molecule has 0 spiro atoms. The third-order valence-electron chi connectivity index (χ3n) is 2.57. The van der Waals surface area contributed by atoms with Crippen molar-refractivity contribution < 1.29 is 18.0 Å². The molecule has 3 nitrogen and oxygen atoms in total. The maximum absolute atomic E-state index is 12.6. The van der Waals surface area contributed by atoms with Crippen LogP contribution >= 0.6 is 11.8 Å². The number of halogens is 3. The first-order valence-corrected chi connectivity index (χ1v) is 6.41. The smallest absolute Gasteiger partial charge is 0.366 e. The number of nitrogens with zero attached hydrogens (tertiary/aromatic N) is 1. The van der Waals surface area contributed by atoms with Crippen LogP contribution in [0.5, 0.6) is 0 Å². The predicted molar refractivity (Wildman–Crippen MR) is 67.0 cm³/mol. The Hall–Kier alpha value is -1.76. The Morgan fingerprint density at radius 3 is 2.53 bits per heavy atom. The van der Waals surface area contributed by atoms with Gasteiger partial charge in [-0.15, -0.1) is 11.8 Å². The van der Waals surface area contributed by atoms with Crippen molar-refractivity contribution in [3.05, 3.63) is 35.4 Å². The highest BCUT2D eigenvalue weighted by molar-refractivity contribution is 7.98. The number of amides is 1. The van der Waals surface area contributed by atoms with E-state index in [1.54, 1.807) is 6.26 Å². The molecule has 7 heteroatoms. The Bertz CT molecular complexity index is 655. The van der Waals surface area contributed by atoms with Gasteiger partial charge in [-0.05, 0) is 24.5 Å². The lowest BCUT2D eigenvalue weighted by Gasteiger charge is -2.09. The average Bonchev–Trinajstić information content (AvgIpc) is 2.35. The Morgan fingerprint density at radius 1 is 1.32 bits per heavy atom. The lowest BCUT2D eigenvalue weighted by atomic mass is 10.1. The number of pyridine rings is 1. The Morgan fingerprint density at radius 2 is 2.00 bits per heavy atom. The van der Waals surface area contributed by atoms with Gasteiger partial charge in [0.15, 0.2) is 0 Å². The SMILES string of the molecule is CSc1nc2cc(C(F)(F)F)ccc2cc1C(N)=O. The first-order valence-electron chi connectivity index (χ1n) is 5.18. The lowest BCUT2D eigenvalue weighted by Crippen LogP contribution is -2.13. The van der Waals surface area contributed by atoms with Gasteiger partial charge in [0.05, 0.1) is 16.6 Å². The number of benzene rings is 1. The van der Waals surface area contributed by atoms with Gasteiger partial charge in [0.2, 0.25) is 0 Å². The topological polar surface area (TPSA) is 56.0 Å². The average molecular weight is 286 g/mol. The van der Waals surface area contributed by atoms with Crippen LogP contribution in [-0.4, -0.2) is 17.1 Å². The molecule has 0 fully saturated rings. The highest BCUT2D eigenvalue weighted by Gasteiger charge is 2.30. The third-order valence-corrected chi connectivity index (χ3v) is 3.27. The minimum atomic E-state index is -4.42. The fraction of sp³-hybridized carbons (Fsp3) is 0.167. The van der Waals surface area contributed by atoms with Gasteiger partial charge in [0, 0.05) is 5.39 Å². The molecule has 1 amide bonds. The van der Waals surface area contributed by atoms with E-state index >= 15 is 0 Å². The zero-order valence-corrected chi connectivity index (χ0v) is 10.6. The van der Waals surface area contributed by atoms with E-state index in [1.165, 1.54) is 12.1 Å². The van der Waals surface area contributed by atoms with Crippen molar-refractivity contribution in [3.8, 4) is 0 Å². The summed E-state index contributed by atoms with van der Waals surface area (Å²) in [6, 6.07) is 4.64. The number of thioether (sulfide) groups is 1. The summed E-state index contributed by atoms with van der Waals surface area (Å²) in [7, 11) is 0. The van der Waals surface area contributed by atoms with Crippen LogP contribution in [0.15, 0.2) is 29.3 Å². The molecule has 1 aromatic carbocycles. The van der Waals surface area contributed by atoms with E-state index in [0.717, 1.165) is 23.9 Å². The first kappa shape index (κ1) is 13.7. The number of carbonyl (C=O) groups excluding carboxylic acids is 1. The van der Waals surface area contributed by atoms with Crippen molar-refractivity contribution >= 4 is 28.6 Å². The summed E-state index contributed by atoms with van der Waals surface area (Å²) >= 11 is 1.16. The van der Waals surface area contributed by atoms with E-state index in [-0.39, 0.29) is 11.1 Å². The molecule has 1 heterocycles. The van der Waals surface area contributed by atoms with Gasteiger partial charge in [-0.2, -0.15) is 13.2 Å². The van der Waals surface area contributed by atoms with E-state index in [4.69, 9.17) is 5.73 Å². The van der Waals surface area contributed by atoms with Gasteiger partial charge in [-0.25, -0.2) is 4.98 Å². The molecule has 2 N–H and O–H groups in total. The predicted octanol–water partition coefficient (Wildman–Crippen LogP) is 3.07. The summed E-state index contributed by atoms with van der Waals surface area (Å²) in [5, 5.41) is 0.763. The molecule has 0 aliphatic heterocycles. The maximum Gasteiger partial charge on any atom is 0.416 e. The minimum absolute atomic E-state index is 0.184. The molecule has 2 aromatic rings. The molecular formula is C12H9F3N2OS. The number of nitrogens with two attached hydrogens (primary N) is 1. The molecule has 0 unspecified atom stereocenters. The minimum Gasteiger partial charge on any atom is -0.366 e. The molecule has 0 aliphatic rings. The maximum atomic E-state index is 12.6. The van der Waals surface area contributed by atoms with Crippen molar-refractivity contribution in [2.24, 2.45) is 5.73 Å². The van der Waals surface area contributed by atoms with Gasteiger partial charge < -0.3 is 5.73 Å². The zero-order chi connectivity index (χ0) is 14.2. The molecule has 1 aromatic heterocycles. The highest BCUT2D eigenvalue weighted by Crippen LogP contribution is 2.32. The van der Waals surface area contributed by atoms with E-state index in [2.05, 4.69) is 4.98 Å². The summed E-state index contributed by atoms with van der Waals surface area (Å²) < 4.78 is 37.8. The Balaban J connectivity index is 2.68. The van der Waals surface area contributed by atoms with Crippen LogP contribution in [0.4, 0.5) is 13.2 Å². The number of hydrogen-bond donors (Lipinski definition) is 1. The second-order valence-electron chi connectivity index (χ2n) is 3.81. The lowest BCUT2D eigenvalue weighted by molar-refractivity contribution is -0.137. The number of rotatable bonds is 2. The molecule has 0 aliphatic carbocycles. The second kappa shape index (κ2) is 4.73. The van der Waals surface area contributed by atoms with Crippen LogP contribution in [-0.2, 0) is 6.18 Å². The number of primary amides is 1. The monoisotopic (exact) mass is 286 g/mol. The summed E-state index contributed by atoms with van der Waals surface area (Å²) in [5.74, 6) is -0.654. The fourth-order valence-electron chi connectivity index (χ4n) is 1.66. The van der Waals surface area contributed by atoms with Crippen molar-refractivity contribution in [3.63, 3.8) is 0 Å². The van der Waals surface area contributed by atoms with Gasteiger partial charge >= 0.3 is 6.18 Å². The number of alkyl halides is 3. The molecule has 0 saturated carbocycles. The number of fused-ring (bicyclic) bond motifs is 1. The largest absolute Gasteiger partial charge is 0.416 e. The van der Waals surface area contributed by atoms with Crippen LogP contribution in [0, 0.1) is 0 Å². The van der Waals surface area contributed by atoms with Crippen LogP contribution in [0.1, 0.15) is 15.9 Å². The van der Waals surface area contributed by atoms with E-state index in [0.29, 0.717) is 10.4 Å². The summed E-state index contributed by atoms with van der Waals surface area (Å²) in [6.07, 6.45) is -2.74. The fourth-order valence-corrected chi connectivity index (χ4v) is 2.23. The molecule has 100 valence electrons. The van der Waals surface area contributed by atoms with Gasteiger partial charge in [0.25, 0.3) is 5.91 Å². The summed E-state index contributed by atoms with van der Waals surface area (Å²) in [4.78, 5) is 15.3. The summed E-state index contributed by atoms with van der Waals surface area (Å²) in [5.41, 5.74) is 4.83. The zero-order valence-electron chi connectivity index (χ0n) is 9.78. The van der Waals surface area contributed by atoms with Crippen LogP contribution in [0.25, 0.3) is 10.9 Å². The second-order valence-corrected chi connectivity index (χ2v) is 4.61. The Kier molecular flexibility index (Phi) is 3.40. The van der Waals surface area contributed by atoms with Crippen molar-refractivity contribution in [1.82, 2.24) is 4.98 Å². The number of carbonyl (C=O) groups is 1. The van der Waals surface area contributed by atoms with Gasteiger partial charge in [-0.1, -0.05) is 6.07 Å².